The fourth-order valence-corrected chi connectivity index (χ4v) is 1.91. The van der Waals surface area contributed by atoms with Crippen LogP contribution in [0.3, 0.4) is 0 Å². The number of pyridine rings is 2. The van der Waals surface area contributed by atoms with Gasteiger partial charge in [0, 0.05) is 29.7 Å². The van der Waals surface area contributed by atoms with E-state index in [1.807, 2.05) is 6.07 Å². The van der Waals surface area contributed by atoms with E-state index >= 15 is 0 Å². The lowest BCUT2D eigenvalue weighted by atomic mass is 10.2. The van der Waals surface area contributed by atoms with Gasteiger partial charge in [0.15, 0.2) is 5.43 Å². The maximum Gasteiger partial charge on any atom is 0.341 e. The van der Waals surface area contributed by atoms with E-state index in [0.717, 1.165) is 5.56 Å². The smallest absolute Gasteiger partial charge is 0.341 e. The molecule has 0 aliphatic heterocycles. The van der Waals surface area contributed by atoms with Gasteiger partial charge in [-0.2, -0.15) is 0 Å². The van der Waals surface area contributed by atoms with Crippen LogP contribution in [0.2, 0.25) is 0 Å². The number of carbonyl (C=O) groups is 1. The van der Waals surface area contributed by atoms with Crippen LogP contribution >= 0.6 is 0 Å². The first kappa shape index (κ1) is 13.8. The molecule has 0 bridgehead atoms. The molecule has 0 atom stereocenters. The molecule has 6 heteroatoms. The van der Waals surface area contributed by atoms with Crippen LogP contribution in [0.1, 0.15) is 21.6 Å². The third-order valence-corrected chi connectivity index (χ3v) is 2.96. The van der Waals surface area contributed by atoms with Gasteiger partial charge in [0.05, 0.1) is 13.7 Å². The number of hydrogen-bond donors (Lipinski definition) is 1. The monoisotopic (exact) mass is 274 g/mol. The maximum atomic E-state index is 11.6. The topological polar surface area (TPSA) is 81.4 Å². The minimum absolute atomic E-state index is 0.251. The molecule has 2 rings (SSSR count). The summed E-state index contributed by atoms with van der Waals surface area (Å²) in [6.07, 6.45) is 2.95. The molecule has 0 fully saturated rings. The molecule has 0 radical (unpaired) electrons. The van der Waals surface area contributed by atoms with Gasteiger partial charge >= 0.3 is 5.97 Å². The van der Waals surface area contributed by atoms with Crippen molar-refractivity contribution in [3.8, 4) is 5.88 Å². The van der Waals surface area contributed by atoms with Gasteiger partial charge in [-0.15, -0.1) is 0 Å². The molecule has 0 aromatic carbocycles. The normalized spacial score (nSPS) is 10.3. The number of nitrogens with zero attached hydrogens (tertiary/aromatic N) is 2. The summed E-state index contributed by atoms with van der Waals surface area (Å²) in [5.41, 5.74) is 0.729. The minimum atomic E-state index is -1.23. The maximum absolute atomic E-state index is 11.6. The molecule has 2 aromatic heterocycles. The summed E-state index contributed by atoms with van der Waals surface area (Å²) >= 11 is 0. The first-order valence-electron chi connectivity index (χ1n) is 5.95. The zero-order valence-electron chi connectivity index (χ0n) is 11.2. The van der Waals surface area contributed by atoms with Crippen LogP contribution in [0.5, 0.6) is 5.88 Å². The van der Waals surface area contributed by atoms with Crippen molar-refractivity contribution in [3.63, 3.8) is 0 Å². The van der Waals surface area contributed by atoms with Crippen molar-refractivity contribution in [2.75, 3.05) is 7.11 Å². The first-order valence-corrected chi connectivity index (χ1v) is 5.95. The Hall–Kier alpha value is -2.63. The Bertz CT molecular complexity index is 707. The van der Waals surface area contributed by atoms with Gasteiger partial charge < -0.3 is 14.4 Å². The Morgan fingerprint density at radius 2 is 2.25 bits per heavy atom. The SMILES string of the molecule is COc1ncccc1Cn1cc(C(=O)O)c(=O)cc1C. The van der Waals surface area contributed by atoms with Crippen molar-refractivity contribution < 1.29 is 14.6 Å². The van der Waals surface area contributed by atoms with Gasteiger partial charge in [0.1, 0.15) is 5.56 Å². The van der Waals surface area contributed by atoms with Gasteiger partial charge in [0.25, 0.3) is 0 Å². The molecule has 0 unspecified atom stereocenters. The van der Waals surface area contributed by atoms with Crippen LogP contribution in [0.25, 0.3) is 0 Å². The third kappa shape index (κ3) is 2.69. The fraction of sp³-hybridized carbons (Fsp3) is 0.214. The molecule has 2 aromatic rings. The highest BCUT2D eigenvalue weighted by Gasteiger charge is 2.12. The van der Waals surface area contributed by atoms with Gasteiger partial charge in [-0.25, -0.2) is 9.78 Å². The van der Waals surface area contributed by atoms with Crippen molar-refractivity contribution in [3.05, 3.63) is 57.6 Å². The van der Waals surface area contributed by atoms with Crippen molar-refractivity contribution in [1.82, 2.24) is 9.55 Å². The summed E-state index contributed by atoms with van der Waals surface area (Å²) in [4.78, 5) is 26.7. The van der Waals surface area contributed by atoms with Crippen molar-refractivity contribution in [1.29, 1.82) is 0 Å². The second-order valence-electron chi connectivity index (χ2n) is 4.30. The second kappa shape index (κ2) is 5.56. The summed E-state index contributed by atoms with van der Waals surface area (Å²) in [5, 5.41) is 9.00. The van der Waals surface area contributed by atoms with E-state index in [-0.39, 0.29) is 5.56 Å². The molecule has 6 nitrogen and oxygen atoms in total. The molecule has 20 heavy (non-hydrogen) atoms. The summed E-state index contributed by atoms with van der Waals surface area (Å²) < 4.78 is 6.84. The summed E-state index contributed by atoms with van der Waals surface area (Å²) in [6, 6.07) is 4.92. The van der Waals surface area contributed by atoms with E-state index in [9.17, 15) is 9.59 Å². The molecule has 0 amide bonds. The predicted molar refractivity (Wildman–Crippen MR) is 72.3 cm³/mol. The molecule has 0 saturated carbocycles. The van der Waals surface area contributed by atoms with E-state index < -0.39 is 11.4 Å². The van der Waals surface area contributed by atoms with E-state index in [2.05, 4.69) is 4.98 Å². The predicted octanol–water partition coefficient (Wildman–Crippen LogP) is 1.31. The molecular formula is C14H14N2O4. The van der Waals surface area contributed by atoms with Crippen LogP contribution < -0.4 is 10.2 Å². The fourth-order valence-electron chi connectivity index (χ4n) is 1.91. The van der Waals surface area contributed by atoms with Crippen molar-refractivity contribution in [2.45, 2.75) is 13.5 Å². The standard InChI is InChI=1S/C14H14N2O4/c1-9-6-12(17)11(14(18)19)8-16(9)7-10-4-3-5-15-13(10)20-2/h3-6,8H,7H2,1-2H3,(H,18,19). The van der Waals surface area contributed by atoms with Gasteiger partial charge in [-0.05, 0) is 13.0 Å². The Kier molecular flexibility index (Phi) is 3.84. The molecule has 2 heterocycles. The zero-order valence-corrected chi connectivity index (χ0v) is 11.2. The Balaban J connectivity index is 2.46. The van der Waals surface area contributed by atoms with Gasteiger partial charge in [0.2, 0.25) is 5.88 Å². The van der Waals surface area contributed by atoms with E-state index in [1.54, 1.807) is 23.8 Å². The van der Waals surface area contributed by atoms with Crippen LogP contribution in [-0.4, -0.2) is 27.7 Å². The number of methoxy groups -OCH3 is 1. The molecule has 104 valence electrons. The lowest BCUT2D eigenvalue weighted by Gasteiger charge is -2.13. The van der Waals surface area contributed by atoms with E-state index in [1.165, 1.54) is 19.4 Å². The average molecular weight is 274 g/mol. The Morgan fingerprint density at radius 3 is 2.90 bits per heavy atom. The summed E-state index contributed by atoms with van der Waals surface area (Å²) in [5.74, 6) is -0.760. The van der Waals surface area contributed by atoms with Gasteiger partial charge in [-0.1, -0.05) is 6.07 Å². The molecule has 1 N–H and O–H groups in total. The molecule has 0 aliphatic rings. The Morgan fingerprint density at radius 1 is 1.50 bits per heavy atom. The quantitative estimate of drug-likeness (QED) is 0.909. The van der Waals surface area contributed by atoms with Crippen LogP contribution in [0.4, 0.5) is 0 Å². The van der Waals surface area contributed by atoms with Crippen LogP contribution in [0, 0.1) is 6.92 Å². The van der Waals surface area contributed by atoms with Crippen molar-refractivity contribution >= 4 is 5.97 Å². The number of carboxylic acids is 1. The largest absolute Gasteiger partial charge is 0.481 e. The lowest BCUT2D eigenvalue weighted by Crippen LogP contribution is -2.19. The molecule has 0 saturated heterocycles. The van der Waals surface area contributed by atoms with E-state index in [4.69, 9.17) is 9.84 Å². The lowest BCUT2D eigenvalue weighted by molar-refractivity contribution is 0.0694. The summed E-state index contributed by atoms with van der Waals surface area (Å²) in [7, 11) is 1.52. The number of aromatic carboxylic acids is 1. The number of rotatable bonds is 4. The highest BCUT2D eigenvalue weighted by molar-refractivity contribution is 5.87. The average Bonchev–Trinajstić information content (AvgIpc) is 2.42. The molecule has 0 spiro atoms. The van der Waals surface area contributed by atoms with E-state index in [0.29, 0.717) is 18.1 Å². The number of carboxylic acid groups (broad SMARTS) is 1. The highest BCUT2D eigenvalue weighted by Crippen LogP contribution is 2.16. The van der Waals surface area contributed by atoms with Gasteiger partial charge in [-0.3, -0.25) is 4.79 Å². The zero-order chi connectivity index (χ0) is 14.7. The summed E-state index contributed by atoms with van der Waals surface area (Å²) in [6.45, 7) is 2.12. The number of aromatic nitrogens is 2. The minimum Gasteiger partial charge on any atom is -0.481 e. The van der Waals surface area contributed by atoms with Crippen LogP contribution in [0.15, 0.2) is 35.4 Å². The molecular weight excluding hydrogens is 260 g/mol. The van der Waals surface area contributed by atoms with Crippen molar-refractivity contribution in [2.24, 2.45) is 0 Å². The second-order valence-corrected chi connectivity index (χ2v) is 4.30. The molecule has 0 aliphatic carbocycles. The Labute approximate surface area is 115 Å². The number of ether oxygens (including phenoxy) is 1. The third-order valence-electron chi connectivity index (χ3n) is 2.96. The highest BCUT2D eigenvalue weighted by atomic mass is 16.5. The first-order chi connectivity index (χ1) is 9.52. The number of hydrogen-bond acceptors (Lipinski definition) is 4. The number of aryl methyl sites for hydroxylation is 1. The van der Waals surface area contributed by atoms with Crippen LogP contribution in [-0.2, 0) is 6.54 Å².